The van der Waals surface area contributed by atoms with E-state index in [4.69, 9.17) is 9.84 Å². The van der Waals surface area contributed by atoms with Crippen LogP contribution < -0.4 is 0 Å². The van der Waals surface area contributed by atoms with Gasteiger partial charge in [-0.3, -0.25) is 4.79 Å². The normalized spacial score (nSPS) is 17.4. The highest BCUT2D eigenvalue weighted by molar-refractivity contribution is 7.89. The molecule has 0 bridgehead atoms. The molecule has 8 heteroatoms. The summed E-state index contributed by atoms with van der Waals surface area (Å²) in [6, 6.07) is -0.0549. The number of ether oxygens (including phenoxy) is 1. The number of aliphatic hydroxyl groups excluding tert-OH is 1. The number of rotatable bonds is 7. The Morgan fingerprint density at radius 2 is 1.95 bits per heavy atom. The molecule has 1 aliphatic rings. The standard InChI is InChI=1S/C12H24N2O5S/c1-11(2)14(4-7-15)12(16)3-10-20(17,18)13-5-8-19-9-6-13/h11,15H,3-10H2,1-2H3. The number of aliphatic hydroxyl groups is 1. The van der Waals surface area contributed by atoms with Gasteiger partial charge in [-0.15, -0.1) is 0 Å². The molecule has 0 radical (unpaired) electrons. The van der Waals surface area contributed by atoms with Crippen molar-refractivity contribution in [3.05, 3.63) is 0 Å². The lowest BCUT2D eigenvalue weighted by Gasteiger charge is -2.28. The zero-order chi connectivity index (χ0) is 15.2. The molecule has 0 aromatic heterocycles. The Kier molecular flexibility index (Phi) is 6.87. The maximum absolute atomic E-state index is 12.1. The van der Waals surface area contributed by atoms with Gasteiger partial charge in [-0.05, 0) is 13.8 Å². The van der Waals surface area contributed by atoms with Gasteiger partial charge in [0.2, 0.25) is 15.9 Å². The van der Waals surface area contributed by atoms with Gasteiger partial charge in [-0.1, -0.05) is 0 Å². The Morgan fingerprint density at radius 1 is 1.35 bits per heavy atom. The van der Waals surface area contributed by atoms with Crippen LogP contribution in [0.25, 0.3) is 0 Å². The average molecular weight is 308 g/mol. The molecule has 0 aromatic carbocycles. The maximum atomic E-state index is 12.1. The molecular weight excluding hydrogens is 284 g/mol. The van der Waals surface area contributed by atoms with Gasteiger partial charge in [0.1, 0.15) is 0 Å². The van der Waals surface area contributed by atoms with Crippen molar-refractivity contribution in [1.82, 2.24) is 9.21 Å². The summed E-state index contributed by atoms with van der Waals surface area (Å²) >= 11 is 0. The molecule has 0 spiro atoms. The van der Waals surface area contributed by atoms with Gasteiger partial charge in [-0.25, -0.2) is 8.42 Å². The van der Waals surface area contributed by atoms with Crippen LogP contribution >= 0.6 is 0 Å². The van der Waals surface area contributed by atoms with Crippen LogP contribution in [0.15, 0.2) is 0 Å². The minimum absolute atomic E-state index is 0.0549. The van der Waals surface area contributed by atoms with E-state index in [2.05, 4.69) is 0 Å². The van der Waals surface area contributed by atoms with E-state index in [9.17, 15) is 13.2 Å². The van der Waals surface area contributed by atoms with Crippen LogP contribution in [-0.4, -0.2) is 79.9 Å². The SMILES string of the molecule is CC(C)N(CCO)C(=O)CCS(=O)(=O)N1CCOCC1. The molecule has 0 aliphatic carbocycles. The van der Waals surface area contributed by atoms with Crippen LogP contribution in [0.5, 0.6) is 0 Å². The summed E-state index contributed by atoms with van der Waals surface area (Å²) in [5.41, 5.74) is 0. The van der Waals surface area contributed by atoms with Crippen molar-refractivity contribution in [3.8, 4) is 0 Å². The average Bonchev–Trinajstić information content (AvgIpc) is 2.43. The third-order valence-electron chi connectivity index (χ3n) is 3.22. The van der Waals surface area contributed by atoms with Crippen molar-refractivity contribution < 1.29 is 23.1 Å². The Hall–Kier alpha value is -0.700. The van der Waals surface area contributed by atoms with Gasteiger partial charge < -0.3 is 14.7 Å². The van der Waals surface area contributed by atoms with Gasteiger partial charge in [0.15, 0.2) is 0 Å². The highest BCUT2D eigenvalue weighted by atomic mass is 32.2. The summed E-state index contributed by atoms with van der Waals surface area (Å²) in [6.45, 7) is 5.27. The van der Waals surface area contributed by atoms with E-state index in [-0.39, 0.29) is 37.3 Å². The van der Waals surface area contributed by atoms with E-state index >= 15 is 0 Å². The number of morpholine rings is 1. The Balaban J connectivity index is 2.53. The molecular formula is C12H24N2O5S. The number of nitrogens with zero attached hydrogens (tertiary/aromatic N) is 2. The lowest BCUT2D eigenvalue weighted by Crippen LogP contribution is -2.44. The van der Waals surface area contributed by atoms with Crippen molar-refractivity contribution in [2.24, 2.45) is 0 Å². The quantitative estimate of drug-likeness (QED) is 0.670. The van der Waals surface area contributed by atoms with E-state index in [1.807, 2.05) is 13.8 Å². The van der Waals surface area contributed by atoms with Crippen LogP contribution in [0.1, 0.15) is 20.3 Å². The molecule has 118 valence electrons. The van der Waals surface area contributed by atoms with E-state index in [0.29, 0.717) is 26.3 Å². The second-order valence-corrected chi connectivity index (χ2v) is 7.07. The molecule has 0 unspecified atom stereocenters. The zero-order valence-electron chi connectivity index (χ0n) is 12.1. The van der Waals surface area contributed by atoms with E-state index in [0.717, 1.165) is 0 Å². The Labute approximate surface area is 120 Å². The largest absolute Gasteiger partial charge is 0.395 e. The summed E-state index contributed by atoms with van der Waals surface area (Å²) in [7, 11) is -3.41. The predicted octanol–water partition coefficient (Wildman–Crippen LogP) is -0.732. The molecule has 0 atom stereocenters. The number of hydrogen-bond donors (Lipinski definition) is 1. The van der Waals surface area contributed by atoms with Gasteiger partial charge in [0.25, 0.3) is 0 Å². The van der Waals surface area contributed by atoms with Gasteiger partial charge >= 0.3 is 0 Å². The first kappa shape index (κ1) is 17.4. The maximum Gasteiger partial charge on any atom is 0.223 e. The van der Waals surface area contributed by atoms with E-state index < -0.39 is 10.0 Å². The van der Waals surface area contributed by atoms with Crippen molar-refractivity contribution in [3.63, 3.8) is 0 Å². The number of hydrogen-bond acceptors (Lipinski definition) is 5. The van der Waals surface area contributed by atoms with Crippen molar-refractivity contribution in [2.75, 3.05) is 45.2 Å². The highest BCUT2D eigenvalue weighted by Crippen LogP contribution is 2.09. The second-order valence-electron chi connectivity index (χ2n) is 4.98. The van der Waals surface area contributed by atoms with Gasteiger partial charge in [-0.2, -0.15) is 4.31 Å². The van der Waals surface area contributed by atoms with Crippen LogP contribution in [0.3, 0.4) is 0 Å². The first-order valence-corrected chi connectivity index (χ1v) is 8.45. The van der Waals surface area contributed by atoms with Crippen LogP contribution in [-0.2, 0) is 19.6 Å². The van der Waals surface area contributed by atoms with Crippen LogP contribution in [0, 0.1) is 0 Å². The fourth-order valence-electron chi connectivity index (χ4n) is 2.09. The highest BCUT2D eigenvalue weighted by Gasteiger charge is 2.26. The fraction of sp³-hybridized carbons (Fsp3) is 0.917. The fourth-order valence-corrected chi connectivity index (χ4v) is 3.49. The topological polar surface area (TPSA) is 87.2 Å². The summed E-state index contributed by atoms with van der Waals surface area (Å²) in [6.07, 6.45) is -0.0577. The zero-order valence-corrected chi connectivity index (χ0v) is 12.9. The van der Waals surface area contributed by atoms with Crippen LogP contribution in [0.4, 0.5) is 0 Å². The van der Waals surface area contributed by atoms with Gasteiger partial charge in [0, 0.05) is 32.1 Å². The molecule has 7 nitrogen and oxygen atoms in total. The van der Waals surface area contributed by atoms with Crippen LogP contribution in [0.2, 0.25) is 0 Å². The van der Waals surface area contributed by atoms with E-state index in [1.165, 1.54) is 9.21 Å². The molecule has 1 heterocycles. The smallest absolute Gasteiger partial charge is 0.223 e. The second kappa shape index (κ2) is 7.92. The summed E-state index contributed by atoms with van der Waals surface area (Å²) < 4.78 is 30.7. The first-order chi connectivity index (χ1) is 9.38. The third-order valence-corrected chi connectivity index (χ3v) is 5.09. The number of carbonyl (C=O) groups is 1. The Bertz CT molecular complexity index is 404. The van der Waals surface area contributed by atoms with Crippen molar-refractivity contribution in [1.29, 1.82) is 0 Å². The first-order valence-electron chi connectivity index (χ1n) is 6.84. The predicted molar refractivity (Wildman–Crippen MR) is 74.7 cm³/mol. The molecule has 0 saturated carbocycles. The van der Waals surface area contributed by atoms with Gasteiger partial charge in [0.05, 0.1) is 25.6 Å². The van der Waals surface area contributed by atoms with E-state index in [1.54, 1.807) is 0 Å². The molecule has 1 rings (SSSR count). The monoisotopic (exact) mass is 308 g/mol. The van der Waals surface area contributed by atoms with Crippen molar-refractivity contribution >= 4 is 15.9 Å². The Morgan fingerprint density at radius 3 is 2.45 bits per heavy atom. The lowest BCUT2D eigenvalue weighted by molar-refractivity contribution is -0.133. The van der Waals surface area contributed by atoms with Crippen molar-refractivity contribution in [2.45, 2.75) is 26.3 Å². The number of amides is 1. The summed E-state index contributed by atoms with van der Waals surface area (Å²) in [5.74, 6) is -0.439. The number of sulfonamides is 1. The molecule has 1 fully saturated rings. The minimum Gasteiger partial charge on any atom is -0.395 e. The lowest BCUT2D eigenvalue weighted by atomic mass is 10.3. The third kappa shape index (κ3) is 5.01. The molecule has 1 saturated heterocycles. The molecule has 1 N–H and O–H groups in total. The summed E-state index contributed by atoms with van der Waals surface area (Å²) in [5, 5.41) is 8.93. The number of carbonyl (C=O) groups excluding carboxylic acids is 1. The summed E-state index contributed by atoms with van der Waals surface area (Å²) in [4.78, 5) is 13.5. The molecule has 1 aliphatic heterocycles. The molecule has 1 amide bonds. The minimum atomic E-state index is -3.41. The molecule has 20 heavy (non-hydrogen) atoms. The molecule has 0 aromatic rings.